The largest absolute Gasteiger partial charge is 0.334 e. The molecular weight excluding hydrogens is 520 g/mol. The molecule has 5 heteroatoms. The van der Waals surface area contributed by atoms with Crippen molar-refractivity contribution in [3.05, 3.63) is 139 Å². The van der Waals surface area contributed by atoms with Crippen LogP contribution in [-0.4, -0.2) is 21.3 Å². The van der Waals surface area contributed by atoms with E-state index in [1.165, 1.54) is 36.6 Å². The van der Waals surface area contributed by atoms with Gasteiger partial charge in [0, 0.05) is 43.1 Å². The summed E-state index contributed by atoms with van der Waals surface area (Å²) in [7, 11) is 0. The van der Waals surface area contributed by atoms with E-state index in [1.807, 2.05) is 23.6 Å². The van der Waals surface area contributed by atoms with Crippen molar-refractivity contribution in [3.63, 3.8) is 0 Å². The highest BCUT2D eigenvalue weighted by atomic mass is 32.1. The average molecular weight is 545 g/mol. The van der Waals surface area contributed by atoms with Crippen molar-refractivity contribution in [2.75, 3.05) is 4.90 Å². The lowest BCUT2D eigenvalue weighted by Gasteiger charge is -2.31. The number of anilines is 1. The topological polar surface area (TPSA) is 33.4 Å². The van der Waals surface area contributed by atoms with Crippen LogP contribution < -0.4 is 4.90 Å². The minimum atomic E-state index is -0.0863. The summed E-state index contributed by atoms with van der Waals surface area (Å²) in [6.07, 6.45) is 10.4. The molecule has 4 aromatic carbocycles. The first kappa shape index (κ1) is 22.8. The van der Waals surface area contributed by atoms with E-state index in [4.69, 9.17) is 9.98 Å². The molecule has 0 N–H and O–H groups in total. The molecule has 4 nitrogen and oxygen atoms in total. The highest BCUT2D eigenvalue weighted by molar-refractivity contribution is 7.26. The second-order valence-corrected chi connectivity index (χ2v) is 11.6. The third-order valence-corrected chi connectivity index (χ3v) is 9.53. The zero-order valence-electron chi connectivity index (χ0n) is 22.1. The highest BCUT2D eigenvalue weighted by Crippen LogP contribution is 2.43. The summed E-state index contributed by atoms with van der Waals surface area (Å²) in [6.45, 7) is 0. The highest BCUT2D eigenvalue weighted by Gasteiger charge is 2.35. The minimum absolute atomic E-state index is 0.0863. The molecule has 9 rings (SSSR count). The van der Waals surface area contributed by atoms with E-state index >= 15 is 0 Å². The number of aromatic nitrogens is 2. The van der Waals surface area contributed by atoms with Crippen molar-refractivity contribution >= 4 is 64.8 Å². The number of aliphatic imine (C=N–C) groups is 1. The van der Waals surface area contributed by atoms with Gasteiger partial charge >= 0.3 is 0 Å². The lowest BCUT2D eigenvalue weighted by atomic mass is 10.0. The molecule has 41 heavy (non-hydrogen) atoms. The fraction of sp³-hybridized carbons (Fsp3) is 0.0556. The van der Waals surface area contributed by atoms with Gasteiger partial charge in [0.1, 0.15) is 6.17 Å². The predicted molar refractivity (Wildman–Crippen MR) is 173 cm³/mol. The Balaban J connectivity index is 1.27. The van der Waals surface area contributed by atoms with Gasteiger partial charge in [-0.1, -0.05) is 78.9 Å². The minimum Gasteiger partial charge on any atom is -0.334 e. The Labute approximate surface area is 240 Å². The summed E-state index contributed by atoms with van der Waals surface area (Å²) in [5.74, 6) is 0. The van der Waals surface area contributed by atoms with Gasteiger partial charge in [0.2, 0.25) is 0 Å². The SMILES string of the molecule is C1=CC2=NC(c3ccccc3)N(c3cccc(-n4c5cccnc5c5c6sc7ccccc7c6ccc54)c3)C2C=C1. The molecule has 0 fully saturated rings. The standard InChI is InChI=1S/C36H24N4S/c1-2-10-23(11-3-1)36-38-28-15-5-6-16-29(28)40(36)25-13-8-12-24(22-25)39-30-20-19-27-26-14-4-7-18-32(26)41-35(27)33(30)34-31(39)17-9-21-37-34/h1-22,29,36H. The third-order valence-electron chi connectivity index (χ3n) is 8.32. The van der Waals surface area contributed by atoms with Gasteiger partial charge in [-0.25, -0.2) is 0 Å². The Kier molecular flexibility index (Phi) is 4.86. The number of nitrogens with zero attached hydrogens (tertiary/aromatic N) is 4. The summed E-state index contributed by atoms with van der Waals surface area (Å²) in [5, 5.41) is 3.82. The number of rotatable bonds is 3. The van der Waals surface area contributed by atoms with Gasteiger partial charge in [0.25, 0.3) is 0 Å². The summed E-state index contributed by atoms with van der Waals surface area (Å²) >= 11 is 1.86. The van der Waals surface area contributed by atoms with Crippen LogP contribution in [-0.2, 0) is 0 Å². The van der Waals surface area contributed by atoms with E-state index in [0.29, 0.717) is 0 Å². The van der Waals surface area contributed by atoms with Crippen molar-refractivity contribution in [2.24, 2.45) is 4.99 Å². The maximum Gasteiger partial charge on any atom is 0.148 e. The maximum atomic E-state index is 5.17. The second-order valence-electron chi connectivity index (χ2n) is 10.6. The van der Waals surface area contributed by atoms with Crippen LogP contribution in [0.2, 0.25) is 0 Å². The summed E-state index contributed by atoms with van der Waals surface area (Å²) < 4.78 is 4.97. The maximum absolute atomic E-state index is 5.17. The summed E-state index contributed by atoms with van der Waals surface area (Å²) in [6, 6.07) is 37.0. The van der Waals surface area contributed by atoms with Gasteiger partial charge in [0.15, 0.2) is 0 Å². The zero-order chi connectivity index (χ0) is 26.9. The quantitative estimate of drug-likeness (QED) is 0.222. The third kappa shape index (κ3) is 3.33. The summed E-state index contributed by atoms with van der Waals surface area (Å²) in [5.41, 5.74) is 7.87. The molecule has 0 saturated heterocycles. The molecular formula is C36H24N4S. The molecule has 0 amide bonds. The average Bonchev–Trinajstić information content (AvgIpc) is 3.71. The molecule has 7 aromatic rings. The molecule has 1 aliphatic carbocycles. The Morgan fingerprint density at radius 3 is 2.54 bits per heavy atom. The molecule has 0 radical (unpaired) electrons. The van der Waals surface area contributed by atoms with Crippen molar-refractivity contribution < 1.29 is 0 Å². The van der Waals surface area contributed by atoms with Crippen LogP contribution in [0, 0.1) is 0 Å². The van der Waals surface area contributed by atoms with Crippen molar-refractivity contribution in [1.82, 2.24) is 9.55 Å². The smallest absolute Gasteiger partial charge is 0.148 e. The predicted octanol–water partition coefficient (Wildman–Crippen LogP) is 9.00. The van der Waals surface area contributed by atoms with E-state index in [-0.39, 0.29) is 12.2 Å². The van der Waals surface area contributed by atoms with Gasteiger partial charge in [-0.15, -0.1) is 11.3 Å². The molecule has 0 spiro atoms. The molecule has 0 bridgehead atoms. The fourth-order valence-electron chi connectivity index (χ4n) is 6.56. The van der Waals surface area contributed by atoms with Gasteiger partial charge in [-0.05, 0) is 54.1 Å². The number of benzene rings is 4. The van der Waals surface area contributed by atoms with Crippen LogP contribution in [0.5, 0.6) is 0 Å². The Morgan fingerprint density at radius 2 is 1.59 bits per heavy atom. The number of hydrogen-bond acceptors (Lipinski definition) is 4. The van der Waals surface area contributed by atoms with E-state index in [0.717, 1.165) is 28.1 Å². The van der Waals surface area contributed by atoms with E-state index < -0.39 is 0 Å². The van der Waals surface area contributed by atoms with Crippen LogP contribution in [0.25, 0.3) is 47.8 Å². The van der Waals surface area contributed by atoms with Crippen LogP contribution in [0.15, 0.2) is 139 Å². The first-order valence-electron chi connectivity index (χ1n) is 13.9. The van der Waals surface area contributed by atoms with Crippen LogP contribution in [0.3, 0.4) is 0 Å². The van der Waals surface area contributed by atoms with Gasteiger partial charge in [-0.3, -0.25) is 9.98 Å². The number of hydrogen-bond donors (Lipinski definition) is 0. The Morgan fingerprint density at radius 1 is 0.707 bits per heavy atom. The Hall–Kier alpha value is -5.00. The molecule has 194 valence electrons. The molecule has 4 heterocycles. The molecule has 2 aliphatic rings. The second kappa shape index (κ2) is 8.75. The first-order valence-corrected chi connectivity index (χ1v) is 14.7. The molecule has 2 unspecified atom stereocenters. The molecule has 1 aliphatic heterocycles. The van der Waals surface area contributed by atoms with Crippen molar-refractivity contribution in [2.45, 2.75) is 12.2 Å². The van der Waals surface area contributed by atoms with E-state index in [2.05, 4.69) is 131 Å². The zero-order valence-corrected chi connectivity index (χ0v) is 22.9. The number of fused-ring (bicyclic) bond motifs is 8. The van der Waals surface area contributed by atoms with Crippen LogP contribution in [0.1, 0.15) is 11.7 Å². The fourth-order valence-corrected chi connectivity index (χ4v) is 7.80. The van der Waals surface area contributed by atoms with Crippen LogP contribution in [0.4, 0.5) is 5.69 Å². The number of allylic oxidation sites excluding steroid dienone is 2. The molecule has 2 atom stereocenters. The van der Waals surface area contributed by atoms with Gasteiger partial charge in [0.05, 0.1) is 28.3 Å². The van der Waals surface area contributed by atoms with Crippen molar-refractivity contribution in [3.8, 4) is 5.69 Å². The first-order chi connectivity index (χ1) is 20.3. The normalized spacial score (nSPS) is 18.1. The lowest BCUT2D eigenvalue weighted by molar-refractivity contribution is 0.696. The lowest BCUT2D eigenvalue weighted by Crippen LogP contribution is -2.35. The van der Waals surface area contributed by atoms with Crippen molar-refractivity contribution in [1.29, 1.82) is 0 Å². The molecule has 0 saturated carbocycles. The monoisotopic (exact) mass is 544 g/mol. The van der Waals surface area contributed by atoms with E-state index in [9.17, 15) is 0 Å². The summed E-state index contributed by atoms with van der Waals surface area (Å²) in [4.78, 5) is 12.5. The number of thiophene rings is 1. The van der Waals surface area contributed by atoms with Crippen LogP contribution >= 0.6 is 11.3 Å². The van der Waals surface area contributed by atoms with Gasteiger partial charge < -0.3 is 9.47 Å². The number of pyridine rings is 1. The van der Waals surface area contributed by atoms with E-state index in [1.54, 1.807) is 0 Å². The Bertz CT molecular complexity index is 2230. The molecule has 3 aromatic heterocycles. The van der Waals surface area contributed by atoms with Gasteiger partial charge in [-0.2, -0.15) is 0 Å².